The van der Waals surface area contributed by atoms with E-state index in [1.165, 1.54) is 12.8 Å². The summed E-state index contributed by atoms with van der Waals surface area (Å²) in [6.45, 7) is 6.94. The van der Waals surface area contributed by atoms with Crippen LogP contribution in [0.1, 0.15) is 52.4 Å². The molecule has 4 heteroatoms. The van der Waals surface area contributed by atoms with Gasteiger partial charge in [0.05, 0.1) is 0 Å². The van der Waals surface area contributed by atoms with Crippen LogP contribution in [0.5, 0.6) is 0 Å². The summed E-state index contributed by atoms with van der Waals surface area (Å²) in [5.41, 5.74) is 0. The summed E-state index contributed by atoms with van der Waals surface area (Å²) in [7, 11) is 0. The number of carbonyl (C=O) groups is 2. The van der Waals surface area contributed by atoms with E-state index < -0.39 is 0 Å². The van der Waals surface area contributed by atoms with Crippen molar-refractivity contribution in [1.82, 2.24) is 9.80 Å². The zero-order valence-corrected chi connectivity index (χ0v) is 11.8. The first-order chi connectivity index (χ1) is 8.70. The minimum Gasteiger partial charge on any atom is -0.334 e. The van der Waals surface area contributed by atoms with Crippen molar-refractivity contribution in [2.45, 2.75) is 52.4 Å². The van der Waals surface area contributed by atoms with Gasteiger partial charge < -0.3 is 9.80 Å². The maximum Gasteiger partial charge on any atom is 0.312 e. The normalized spacial score (nSPS) is 16.2. The molecule has 104 valence electrons. The van der Waals surface area contributed by atoms with Crippen LogP contribution in [0, 0.1) is 0 Å². The Morgan fingerprint density at radius 3 is 1.89 bits per heavy atom. The van der Waals surface area contributed by atoms with Crippen LogP contribution in [0.4, 0.5) is 0 Å². The Morgan fingerprint density at radius 1 is 0.944 bits per heavy atom. The molecular weight excluding hydrogens is 228 g/mol. The van der Waals surface area contributed by atoms with Crippen molar-refractivity contribution in [2.24, 2.45) is 0 Å². The van der Waals surface area contributed by atoms with Gasteiger partial charge in [-0.25, -0.2) is 0 Å². The fourth-order valence-electron chi connectivity index (χ4n) is 2.40. The van der Waals surface area contributed by atoms with Crippen molar-refractivity contribution < 1.29 is 9.59 Å². The number of hydrogen-bond donors (Lipinski definition) is 0. The van der Waals surface area contributed by atoms with Gasteiger partial charge in [-0.3, -0.25) is 9.59 Å². The van der Waals surface area contributed by atoms with E-state index in [1.54, 1.807) is 9.80 Å². The molecule has 18 heavy (non-hydrogen) atoms. The van der Waals surface area contributed by atoms with E-state index in [4.69, 9.17) is 0 Å². The zero-order chi connectivity index (χ0) is 13.4. The molecule has 0 bridgehead atoms. The molecular formula is C14H26N2O2. The number of carbonyl (C=O) groups excluding carboxylic acids is 2. The molecule has 0 unspecified atom stereocenters. The fraction of sp³-hybridized carbons (Fsp3) is 0.857. The summed E-state index contributed by atoms with van der Waals surface area (Å²) in [6, 6.07) is 0. The molecule has 0 N–H and O–H groups in total. The molecule has 0 aromatic rings. The van der Waals surface area contributed by atoms with Gasteiger partial charge in [-0.1, -0.05) is 26.7 Å². The highest BCUT2D eigenvalue weighted by molar-refractivity contribution is 6.34. The zero-order valence-electron chi connectivity index (χ0n) is 11.8. The van der Waals surface area contributed by atoms with Crippen LogP contribution in [0.2, 0.25) is 0 Å². The summed E-state index contributed by atoms with van der Waals surface area (Å²) in [6.07, 6.45) is 6.20. The van der Waals surface area contributed by atoms with Crippen LogP contribution in [-0.4, -0.2) is 47.8 Å². The average Bonchev–Trinajstić information content (AvgIpc) is 2.65. The Morgan fingerprint density at radius 2 is 1.44 bits per heavy atom. The molecule has 0 radical (unpaired) electrons. The monoisotopic (exact) mass is 254 g/mol. The Labute approximate surface area is 110 Å². The smallest absolute Gasteiger partial charge is 0.312 e. The predicted octanol–water partition coefficient (Wildman–Crippen LogP) is 2.04. The lowest BCUT2D eigenvalue weighted by Crippen LogP contribution is -2.46. The van der Waals surface area contributed by atoms with Crippen LogP contribution in [0.3, 0.4) is 0 Å². The van der Waals surface area contributed by atoms with E-state index in [9.17, 15) is 9.59 Å². The summed E-state index contributed by atoms with van der Waals surface area (Å²) >= 11 is 0. The fourth-order valence-corrected chi connectivity index (χ4v) is 2.40. The molecule has 1 heterocycles. The molecule has 1 rings (SSSR count). The number of rotatable bonds is 4. The molecule has 1 saturated heterocycles. The van der Waals surface area contributed by atoms with Gasteiger partial charge >= 0.3 is 11.8 Å². The van der Waals surface area contributed by atoms with Crippen LogP contribution in [0.15, 0.2) is 0 Å². The van der Waals surface area contributed by atoms with Crippen molar-refractivity contribution in [3.8, 4) is 0 Å². The van der Waals surface area contributed by atoms with E-state index in [1.807, 2.05) is 13.8 Å². The molecule has 0 aliphatic carbocycles. The van der Waals surface area contributed by atoms with Crippen molar-refractivity contribution >= 4 is 11.8 Å². The average molecular weight is 254 g/mol. The van der Waals surface area contributed by atoms with Gasteiger partial charge in [0.1, 0.15) is 0 Å². The standard InChI is InChI=1S/C14H26N2O2/c1-3-9-15(10-4-2)13(17)14(18)16-11-7-5-6-8-12-16/h3-12H2,1-2H3. The second-order valence-electron chi connectivity index (χ2n) is 5.00. The van der Waals surface area contributed by atoms with Crippen LogP contribution in [-0.2, 0) is 9.59 Å². The molecule has 4 nitrogen and oxygen atoms in total. The first-order valence-corrected chi connectivity index (χ1v) is 7.28. The SMILES string of the molecule is CCCN(CCC)C(=O)C(=O)N1CCCCCC1. The van der Waals surface area contributed by atoms with E-state index in [2.05, 4.69) is 0 Å². The molecule has 1 aliphatic rings. The predicted molar refractivity (Wildman–Crippen MR) is 72.2 cm³/mol. The Hall–Kier alpha value is -1.06. The first kappa shape index (κ1) is 15.0. The molecule has 1 fully saturated rings. The molecule has 0 aromatic carbocycles. The lowest BCUT2D eigenvalue weighted by molar-refractivity contribution is -0.151. The lowest BCUT2D eigenvalue weighted by atomic mass is 10.2. The Bertz CT molecular complexity index is 253. The van der Waals surface area contributed by atoms with Gasteiger partial charge in [0, 0.05) is 26.2 Å². The molecule has 0 atom stereocenters. The molecule has 0 spiro atoms. The van der Waals surface area contributed by atoms with Crippen molar-refractivity contribution in [3.05, 3.63) is 0 Å². The van der Waals surface area contributed by atoms with E-state index >= 15 is 0 Å². The Balaban J connectivity index is 2.58. The Kier molecular flexibility index (Phi) is 6.76. The number of hydrogen-bond acceptors (Lipinski definition) is 2. The van der Waals surface area contributed by atoms with Gasteiger partial charge in [0.25, 0.3) is 0 Å². The number of nitrogens with zero attached hydrogens (tertiary/aromatic N) is 2. The quantitative estimate of drug-likeness (QED) is 0.720. The van der Waals surface area contributed by atoms with E-state index in [-0.39, 0.29) is 11.8 Å². The third kappa shape index (κ3) is 4.31. The molecule has 0 aromatic heterocycles. The molecule has 2 amide bonds. The number of amides is 2. The van der Waals surface area contributed by atoms with Gasteiger partial charge in [-0.15, -0.1) is 0 Å². The summed E-state index contributed by atoms with van der Waals surface area (Å²) in [4.78, 5) is 27.8. The third-order valence-corrected chi connectivity index (χ3v) is 3.35. The highest BCUT2D eigenvalue weighted by atomic mass is 16.2. The number of likely N-dealkylation sites (tertiary alicyclic amines) is 1. The first-order valence-electron chi connectivity index (χ1n) is 7.28. The summed E-state index contributed by atoms with van der Waals surface area (Å²) in [5, 5.41) is 0. The highest BCUT2D eigenvalue weighted by Gasteiger charge is 2.26. The van der Waals surface area contributed by atoms with Crippen molar-refractivity contribution in [3.63, 3.8) is 0 Å². The van der Waals surface area contributed by atoms with Gasteiger partial charge in [-0.2, -0.15) is 0 Å². The maximum atomic E-state index is 12.2. The van der Waals surface area contributed by atoms with Gasteiger partial charge in [0.15, 0.2) is 0 Å². The van der Waals surface area contributed by atoms with Crippen LogP contribution < -0.4 is 0 Å². The van der Waals surface area contributed by atoms with Crippen LogP contribution >= 0.6 is 0 Å². The van der Waals surface area contributed by atoms with Gasteiger partial charge in [-0.05, 0) is 25.7 Å². The van der Waals surface area contributed by atoms with Gasteiger partial charge in [0.2, 0.25) is 0 Å². The highest BCUT2D eigenvalue weighted by Crippen LogP contribution is 2.10. The van der Waals surface area contributed by atoms with Crippen LogP contribution in [0.25, 0.3) is 0 Å². The second-order valence-corrected chi connectivity index (χ2v) is 5.00. The molecule has 0 saturated carbocycles. The van der Waals surface area contributed by atoms with E-state index in [0.29, 0.717) is 13.1 Å². The third-order valence-electron chi connectivity index (χ3n) is 3.35. The summed E-state index contributed by atoms with van der Waals surface area (Å²) in [5.74, 6) is -0.598. The summed E-state index contributed by atoms with van der Waals surface area (Å²) < 4.78 is 0. The van der Waals surface area contributed by atoms with Crippen molar-refractivity contribution in [2.75, 3.05) is 26.2 Å². The van der Waals surface area contributed by atoms with E-state index in [0.717, 1.165) is 38.8 Å². The minimum absolute atomic E-state index is 0.293. The lowest BCUT2D eigenvalue weighted by Gasteiger charge is -2.25. The topological polar surface area (TPSA) is 40.6 Å². The van der Waals surface area contributed by atoms with Crippen molar-refractivity contribution in [1.29, 1.82) is 0 Å². The maximum absolute atomic E-state index is 12.2. The minimum atomic E-state index is -0.305. The molecule has 1 aliphatic heterocycles. The second kappa shape index (κ2) is 8.11. The largest absolute Gasteiger partial charge is 0.334 e.